The fourth-order valence-electron chi connectivity index (χ4n) is 2.10. The third-order valence-electron chi connectivity index (χ3n) is 3.10. The normalized spacial score (nSPS) is 10.3. The molecule has 0 heterocycles. The number of carboxylic acid groups (broad SMARTS) is 1. The Labute approximate surface area is 104 Å². The highest BCUT2D eigenvalue weighted by atomic mass is 16.5. The molecule has 0 amide bonds. The summed E-state index contributed by atoms with van der Waals surface area (Å²) < 4.78 is 4.87. The lowest BCUT2D eigenvalue weighted by Crippen LogP contribution is -2.01. The summed E-state index contributed by atoms with van der Waals surface area (Å²) >= 11 is 0. The van der Waals surface area contributed by atoms with Crippen LogP contribution in [0.25, 0.3) is 10.8 Å². The predicted octanol–water partition coefficient (Wildman–Crippen LogP) is 2.69. The fourth-order valence-corrected chi connectivity index (χ4v) is 2.10. The van der Waals surface area contributed by atoms with Crippen molar-refractivity contribution in [2.24, 2.45) is 0 Å². The molecule has 4 heteroatoms. The molecule has 18 heavy (non-hydrogen) atoms. The van der Waals surface area contributed by atoms with Crippen LogP contribution in [-0.2, 0) is 4.79 Å². The van der Waals surface area contributed by atoms with Crippen molar-refractivity contribution in [1.82, 2.24) is 0 Å². The van der Waals surface area contributed by atoms with Crippen molar-refractivity contribution in [3.63, 3.8) is 0 Å². The van der Waals surface area contributed by atoms with E-state index in [1.54, 1.807) is 31.2 Å². The Balaban J connectivity index is 2.75. The Kier molecular flexibility index (Phi) is 3.02. The smallest absolute Gasteiger partial charge is 0.335 e. The highest BCUT2D eigenvalue weighted by Crippen LogP contribution is 2.30. The van der Waals surface area contributed by atoms with Gasteiger partial charge < -0.3 is 9.84 Å². The van der Waals surface area contributed by atoms with Crippen molar-refractivity contribution in [3.05, 3.63) is 41.0 Å². The molecule has 0 spiro atoms. The van der Waals surface area contributed by atoms with Gasteiger partial charge in [-0.1, -0.05) is 12.1 Å². The first-order valence-electron chi connectivity index (χ1n) is 5.42. The lowest BCUT2D eigenvalue weighted by atomic mass is 9.97. The predicted molar refractivity (Wildman–Crippen MR) is 67.1 cm³/mol. The van der Waals surface area contributed by atoms with Crippen molar-refractivity contribution in [2.45, 2.75) is 13.8 Å². The molecule has 0 radical (unpaired) electrons. The minimum absolute atomic E-state index is 0.283. The van der Waals surface area contributed by atoms with Crippen LogP contribution >= 0.6 is 0 Å². The number of carbonyl (C=O) groups is 2. The molecule has 92 valence electrons. The topological polar surface area (TPSA) is 63.6 Å². The molecule has 0 aliphatic heterocycles. The first kappa shape index (κ1) is 12.1. The van der Waals surface area contributed by atoms with Crippen molar-refractivity contribution in [2.75, 3.05) is 0 Å². The number of carboxylic acids is 1. The van der Waals surface area contributed by atoms with Gasteiger partial charge in [0.1, 0.15) is 5.75 Å². The van der Waals surface area contributed by atoms with Crippen LogP contribution < -0.4 is 4.74 Å². The molecule has 0 saturated carbocycles. The van der Waals surface area contributed by atoms with Gasteiger partial charge in [-0.3, -0.25) is 4.79 Å². The molecule has 0 saturated heterocycles. The lowest BCUT2D eigenvalue weighted by Gasteiger charge is -2.10. The number of benzene rings is 2. The van der Waals surface area contributed by atoms with E-state index >= 15 is 0 Å². The molecule has 2 aromatic carbocycles. The Morgan fingerprint density at radius 1 is 1.11 bits per heavy atom. The Morgan fingerprint density at radius 3 is 2.33 bits per heavy atom. The minimum Gasteiger partial charge on any atom is -0.478 e. The van der Waals surface area contributed by atoms with E-state index in [-0.39, 0.29) is 5.56 Å². The van der Waals surface area contributed by atoms with E-state index in [4.69, 9.17) is 9.84 Å². The number of aryl methyl sites for hydroxylation is 2. The quantitative estimate of drug-likeness (QED) is 0.843. The summed E-state index contributed by atoms with van der Waals surface area (Å²) in [5.41, 5.74) is 1.81. The Hall–Kier alpha value is -2.36. The second-order valence-corrected chi connectivity index (χ2v) is 4.04. The van der Waals surface area contributed by atoms with E-state index in [9.17, 15) is 9.59 Å². The van der Waals surface area contributed by atoms with Gasteiger partial charge in [0, 0.05) is 0 Å². The maximum atomic E-state index is 11.0. The highest BCUT2D eigenvalue weighted by Gasteiger charge is 2.12. The van der Waals surface area contributed by atoms with Crippen molar-refractivity contribution >= 4 is 23.2 Å². The van der Waals surface area contributed by atoms with Crippen LogP contribution in [0.4, 0.5) is 0 Å². The van der Waals surface area contributed by atoms with Crippen molar-refractivity contribution < 1.29 is 19.4 Å². The summed E-state index contributed by atoms with van der Waals surface area (Å²) in [6.07, 6.45) is 0. The van der Waals surface area contributed by atoms with E-state index in [2.05, 4.69) is 0 Å². The first-order chi connectivity index (χ1) is 8.56. The number of fused-ring (bicyclic) bond motifs is 1. The third kappa shape index (κ3) is 1.82. The number of carbonyl (C=O) groups excluding carboxylic acids is 1. The largest absolute Gasteiger partial charge is 0.478 e. The molecule has 1 N–H and O–H groups in total. The molecular formula is C14H12O4. The molecule has 0 aromatic heterocycles. The average Bonchev–Trinajstić information content (AvgIpc) is 2.33. The molecule has 2 rings (SSSR count). The van der Waals surface area contributed by atoms with Gasteiger partial charge in [-0.15, -0.1) is 0 Å². The van der Waals surface area contributed by atoms with E-state index in [0.29, 0.717) is 17.8 Å². The van der Waals surface area contributed by atoms with Gasteiger partial charge in [0.05, 0.1) is 5.56 Å². The fraction of sp³-hybridized carbons (Fsp3) is 0.143. The molecule has 0 bridgehead atoms. The van der Waals surface area contributed by atoms with E-state index in [1.165, 1.54) is 0 Å². The molecule has 0 atom stereocenters. The number of rotatable bonds is 3. The summed E-state index contributed by atoms with van der Waals surface area (Å²) in [6.45, 7) is 3.99. The molecule has 0 aliphatic carbocycles. The molecule has 0 fully saturated rings. The number of ether oxygens (including phenoxy) is 1. The maximum absolute atomic E-state index is 11.0. The Bertz CT molecular complexity index is 644. The van der Waals surface area contributed by atoms with Crippen molar-refractivity contribution in [1.29, 1.82) is 0 Å². The summed E-state index contributed by atoms with van der Waals surface area (Å²) in [7, 11) is 0. The number of hydrogen-bond acceptors (Lipinski definition) is 3. The van der Waals surface area contributed by atoms with Gasteiger partial charge in [-0.2, -0.15) is 0 Å². The highest BCUT2D eigenvalue weighted by molar-refractivity contribution is 5.99. The number of aromatic carboxylic acids is 1. The summed E-state index contributed by atoms with van der Waals surface area (Å²) in [6, 6.07) is 6.74. The molecule has 2 aromatic rings. The second-order valence-electron chi connectivity index (χ2n) is 4.04. The summed E-state index contributed by atoms with van der Waals surface area (Å²) in [4.78, 5) is 21.4. The van der Waals surface area contributed by atoms with Crippen LogP contribution in [0.5, 0.6) is 5.75 Å². The molecular weight excluding hydrogens is 232 g/mol. The average molecular weight is 244 g/mol. The van der Waals surface area contributed by atoms with E-state index in [1.807, 2.05) is 6.92 Å². The van der Waals surface area contributed by atoms with Crippen molar-refractivity contribution in [3.8, 4) is 5.75 Å². The van der Waals surface area contributed by atoms with Gasteiger partial charge >= 0.3 is 5.97 Å². The van der Waals surface area contributed by atoms with Crippen LogP contribution in [0.1, 0.15) is 21.5 Å². The van der Waals surface area contributed by atoms with Crippen LogP contribution in [0.2, 0.25) is 0 Å². The van der Waals surface area contributed by atoms with E-state index in [0.717, 1.165) is 16.3 Å². The maximum Gasteiger partial charge on any atom is 0.335 e. The number of hydrogen-bond donors (Lipinski definition) is 1. The zero-order valence-corrected chi connectivity index (χ0v) is 10.1. The van der Waals surface area contributed by atoms with Gasteiger partial charge in [-0.25, -0.2) is 4.79 Å². The van der Waals surface area contributed by atoms with Crippen LogP contribution in [-0.4, -0.2) is 17.5 Å². The molecule has 0 unspecified atom stereocenters. The first-order valence-corrected chi connectivity index (χ1v) is 5.42. The van der Waals surface area contributed by atoms with Crippen LogP contribution in [0, 0.1) is 13.8 Å². The SMILES string of the molecule is Cc1c(OC=O)ccc2c(C)c(C(=O)O)ccc12. The summed E-state index contributed by atoms with van der Waals surface area (Å²) in [5.74, 6) is -0.458. The summed E-state index contributed by atoms with van der Waals surface area (Å²) in [5, 5.41) is 10.8. The van der Waals surface area contributed by atoms with Crippen LogP contribution in [0.3, 0.4) is 0 Å². The van der Waals surface area contributed by atoms with Gasteiger partial charge in [-0.05, 0) is 47.9 Å². The third-order valence-corrected chi connectivity index (χ3v) is 3.10. The lowest BCUT2D eigenvalue weighted by molar-refractivity contribution is -0.120. The molecule has 4 nitrogen and oxygen atoms in total. The molecule has 0 aliphatic rings. The standard InChI is InChI=1S/C14H12O4/c1-8-10-5-6-13(18-7-15)9(2)11(10)3-4-12(8)14(16)17/h3-7H,1-2H3,(H,16,17). The van der Waals surface area contributed by atoms with Gasteiger partial charge in [0.25, 0.3) is 6.47 Å². The minimum atomic E-state index is -0.944. The Morgan fingerprint density at radius 2 is 1.72 bits per heavy atom. The van der Waals surface area contributed by atoms with E-state index < -0.39 is 5.97 Å². The van der Waals surface area contributed by atoms with Crippen LogP contribution in [0.15, 0.2) is 24.3 Å². The zero-order chi connectivity index (χ0) is 13.3. The monoisotopic (exact) mass is 244 g/mol. The zero-order valence-electron chi connectivity index (χ0n) is 10.1. The van der Waals surface area contributed by atoms with Gasteiger partial charge in [0.15, 0.2) is 0 Å². The van der Waals surface area contributed by atoms with Gasteiger partial charge in [0.2, 0.25) is 0 Å². The second kappa shape index (κ2) is 4.49.